The molecule has 2 amide bonds. The van der Waals surface area contributed by atoms with Crippen LogP contribution in [0.25, 0.3) is 0 Å². The van der Waals surface area contributed by atoms with E-state index in [0.29, 0.717) is 36.1 Å². The van der Waals surface area contributed by atoms with Crippen molar-refractivity contribution in [3.63, 3.8) is 0 Å². The van der Waals surface area contributed by atoms with Crippen molar-refractivity contribution in [2.75, 3.05) is 26.9 Å². The van der Waals surface area contributed by atoms with Gasteiger partial charge in [0, 0.05) is 26.1 Å². The number of hydrogen-bond acceptors (Lipinski definition) is 5. The molecular formula is C30H33ClN2O5. The van der Waals surface area contributed by atoms with Gasteiger partial charge < -0.3 is 24.4 Å². The number of nitrogens with one attached hydrogen (secondary N) is 1. The molecule has 3 aromatic carbocycles. The number of carbonyl (C=O) groups is 2. The zero-order valence-corrected chi connectivity index (χ0v) is 22.2. The van der Waals surface area contributed by atoms with Gasteiger partial charge in [-0.25, -0.2) is 0 Å². The van der Waals surface area contributed by atoms with Gasteiger partial charge in [0.05, 0.1) is 18.2 Å². The number of methoxy groups -OCH3 is 1. The summed E-state index contributed by atoms with van der Waals surface area (Å²) in [5, 5.41) is 3.44. The number of carbonyl (C=O) groups excluding carboxylic acids is 2. The normalized spacial score (nSPS) is 15.5. The fourth-order valence-electron chi connectivity index (χ4n) is 4.40. The second kappa shape index (κ2) is 13.8. The summed E-state index contributed by atoms with van der Waals surface area (Å²) in [5.74, 6) is 0.566. The van der Waals surface area contributed by atoms with Crippen molar-refractivity contribution < 1.29 is 23.8 Å². The summed E-state index contributed by atoms with van der Waals surface area (Å²) in [6, 6.07) is 23.4. The number of rotatable bonds is 12. The van der Waals surface area contributed by atoms with E-state index >= 15 is 0 Å². The van der Waals surface area contributed by atoms with E-state index in [4.69, 9.17) is 25.8 Å². The Labute approximate surface area is 228 Å². The number of hydrogen-bond donors (Lipinski definition) is 1. The van der Waals surface area contributed by atoms with Gasteiger partial charge in [0.1, 0.15) is 17.5 Å². The van der Waals surface area contributed by atoms with E-state index in [1.165, 1.54) is 0 Å². The molecule has 0 unspecified atom stereocenters. The van der Waals surface area contributed by atoms with Crippen molar-refractivity contribution >= 4 is 23.4 Å². The molecule has 0 aliphatic carbocycles. The number of ether oxygens (including phenoxy) is 3. The highest BCUT2D eigenvalue weighted by Gasteiger charge is 2.31. The van der Waals surface area contributed by atoms with Crippen molar-refractivity contribution in [3.8, 4) is 11.5 Å². The van der Waals surface area contributed by atoms with E-state index in [-0.39, 0.29) is 31.1 Å². The predicted molar refractivity (Wildman–Crippen MR) is 146 cm³/mol. The van der Waals surface area contributed by atoms with Crippen LogP contribution < -0.4 is 14.8 Å². The molecule has 1 fully saturated rings. The smallest absolute Gasteiger partial charge is 0.261 e. The van der Waals surface area contributed by atoms with Crippen molar-refractivity contribution in [2.45, 2.75) is 38.0 Å². The third-order valence-corrected chi connectivity index (χ3v) is 6.81. The van der Waals surface area contributed by atoms with E-state index < -0.39 is 6.04 Å². The van der Waals surface area contributed by atoms with E-state index in [9.17, 15) is 9.59 Å². The molecule has 3 aromatic rings. The molecule has 4 rings (SSSR count). The maximum absolute atomic E-state index is 13.7. The van der Waals surface area contributed by atoms with Crippen LogP contribution in [0.4, 0.5) is 0 Å². The van der Waals surface area contributed by atoms with Crippen LogP contribution in [0, 0.1) is 0 Å². The Kier molecular flexibility index (Phi) is 10.0. The molecule has 2 atom stereocenters. The summed E-state index contributed by atoms with van der Waals surface area (Å²) in [7, 11) is 1.60. The Balaban J connectivity index is 1.59. The van der Waals surface area contributed by atoms with Crippen LogP contribution in [0.3, 0.4) is 0 Å². The highest BCUT2D eigenvalue weighted by atomic mass is 35.5. The second-order valence-electron chi connectivity index (χ2n) is 9.17. The van der Waals surface area contributed by atoms with Crippen LogP contribution in [0.1, 0.15) is 24.0 Å². The van der Waals surface area contributed by atoms with E-state index in [1.54, 1.807) is 36.3 Å². The summed E-state index contributed by atoms with van der Waals surface area (Å²) < 4.78 is 16.7. The number of halogens is 1. The maximum atomic E-state index is 13.7. The zero-order chi connectivity index (χ0) is 26.7. The van der Waals surface area contributed by atoms with Crippen LogP contribution in [0.2, 0.25) is 5.02 Å². The Morgan fingerprint density at radius 2 is 1.76 bits per heavy atom. The van der Waals surface area contributed by atoms with Gasteiger partial charge in [0.15, 0.2) is 6.61 Å². The van der Waals surface area contributed by atoms with E-state index in [1.807, 2.05) is 54.6 Å². The largest absolute Gasteiger partial charge is 0.497 e. The lowest BCUT2D eigenvalue weighted by Crippen LogP contribution is -2.52. The fraction of sp³-hybridized carbons (Fsp3) is 0.333. The first-order valence-electron chi connectivity index (χ1n) is 12.8. The molecule has 200 valence electrons. The molecule has 38 heavy (non-hydrogen) atoms. The van der Waals surface area contributed by atoms with Gasteiger partial charge in [-0.1, -0.05) is 66.2 Å². The van der Waals surface area contributed by atoms with Crippen LogP contribution >= 0.6 is 11.6 Å². The SMILES string of the molecule is COc1ccc(CN(C(=O)COc2ccccc2Cl)[C@H](Cc2ccccc2)C(=O)NC[C@@H]2CCCO2)cc1. The first-order chi connectivity index (χ1) is 18.5. The van der Waals surface area contributed by atoms with Crippen LogP contribution in [-0.4, -0.2) is 55.7 Å². The van der Waals surface area contributed by atoms with Crippen LogP contribution in [0.15, 0.2) is 78.9 Å². The summed E-state index contributed by atoms with van der Waals surface area (Å²) >= 11 is 6.23. The molecule has 0 spiro atoms. The molecule has 1 N–H and O–H groups in total. The monoisotopic (exact) mass is 536 g/mol. The van der Waals surface area contributed by atoms with Gasteiger partial charge in [-0.15, -0.1) is 0 Å². The summed E-state index contributed by atoms with van der Waals surface area (Å²) in [5.41, 5.74) is 1.81. The molecule has 7 nitrogen and oxygen atoms in total. The molecule has 0 aromatic heterocycles. The number of nitrogens with zero attached hydrogens (tertiary/aromatic N) is 1. The van der Waals surface area contributed by atoms with Gasteiger partial charge in [-0.2, -0.15) is 0 Å². The average molecular weight is 537 g/mol. The minimum absolute atomic E-state index is 0.00868. The first-order valence-corrected chi connectivity index (χ1v) is 13.1. The predicted octanol–water partition coefficient (Wildman–Crippen LogP) is 4.66. The quantitative estimate of drug-likeness (QED) is 0.364. The lowest BCUT2D eigenvalue weighted by molar-refractivity contribution is -0.143. The first kappa shape index (κ1) is 27.5. The molecule has 1 saturated heterocycles. The van der Waals surface area contributed by atoms with Crippen molar-refractivity contribution in [2.24, 2.45) is 0 Å². The molecule has 0 bridgehead atoms. The molecule has 1 aliphatic heterocycles. The molecule has 0 radical (unpaired) electrons. The number of amides is 2. The Hall–Kier alpha value is -3.55. The van der Waals surface area contributed by atoms with E-state index in [0.717, 1.165) is 24.0 Å². The minimum Gasteiger partial charge on any atom is -0.497 e. The third kappa shape index (κ3) is 7.73. The average Bonchev–Trinajstić information content (AvgIpc) is 3.48. The van der Waals surface area contributed by atoms with Crippen molar-refractivity contribution in [1.82, 2.24) is 10.2 Å². The van der Waals surface area contributed by atoms with Gasteiger partial charge in [-0.3, -0.25) is 9.59 Å². The zero-order valence-electron chi connectivity index (χ0n) is 21.5. The lowest BCUT2D eigenvalue weighted by atomic mass is 10.0. The standard InChI is InChI=1S/C30H33ClN2O5/c1-36-24-15-13-23(14-16-24)20-33(29(34)21-38-28-12-6-5-11-26(28)31)27(18-22-8-3-2-4-9-22)30(35)32-19-25-10-7-17-37-25/h2-6,8-9,11-16,25,27H,7,10,17-21H2,1H3,(H,32,35)/t25-,27+/m0/s1. The second-order valence-corrected chi connectivity index (χ2v) is 9.58. The van der Waals surface area contributed by atoms with Crippen LogP contribution in [0.5, 0.6) is 11.5 Å². The summed E-state index contributed by atoms with van der Waals surface area (Å²) in [6.07, 6.45) is 2.23. The van der Waals surface area contributed by atoms with Gasteiger partial charge in [0.2, 0.25) is 5.91 Å². The van der Waals surface area contributed by atoms with Gasteiger partial charge >= 0.3 is 0 Å². The van der Waals surface area contributed by atoms with Crippen molar-refractivity contribution in [1.29, 1.82) is 0 Å². The third-order valence-electron chi connectivity index (χ3n) is 6.50. The Morgan fingerprint density at radius 3 is 2.45 bits per heavy atom. The van der Waals surface area contributed by atoms with E-state index in [2.05, 4.69) is 5.32 Å². The van der Waals surface area contributed by atoms with Crippen molar-refractivity contribution in [3.05, 3.63) is 95.0 Å². The minimum atomic E-state index is -0.761. The topological polar surface area (TPSA) is 77.1 Å². The molecule has 1 aliphatic rings. The molecular weight excluding hydrogens is 504 g/mol. The highest BCUT2D eigenvalue weighted by molar-refractivity contribution is 6.32. The summed E-state index contributed by atoms with van der Waals surface area (Å²) in [6.45, 7) is 1.07. The highest BCUT2D eigenvalue weighted by Crippen LogP contribution is 2.24. The molecule has 1 heterocycles. The summed E-state index contributed by atoms with van der Waals surface area (Å²) in [4.78, 5) is 28.9. The molecule has 0 saturated carbocycles. The lowest BCUT2D eigenvalue weighted by Gasteiger charge is -2.32. The Bertz CT molecular complexity index is 1180. The Morgan fingerprint density at radius 1 is 1.03 bits per heavy atom. The number of para-hydroxylation sites is 1. The van der Waals surface area contributed by atoms with Crippen LogP contribution in [-0.2, 0) is 27.3 Å². The van der Waals surface area contributed by atoms with Gasteiger partial charge in [0.25, 0.3) is 5.91 Å². The molecule has 8 heteroatoms. The van der Waals surface area contributed by atoms with Gasteiger partial charge in [-0.05, 0) is 48.2 Å². The number of benzene rings is 3. The maximum Gasteiger partial charge on any atom is 0.261 e. The fourth-order valence-corrected chi connectivity index (χ4v) is 4.59.